The molecule has 0 saturated carbocycles. The Kier molecular flexibility index (Phi) is 5.91. The number of nitrogens with one attached hydrogen (secondary N) is 1. The molecule has 20 heavy (non-hydrogen) atoms. The van der Waals surface area contributed by atoms with E-state index in [9.17, 15) is 0 Å². The van der Waals surface area contributed by atoms with Crippen molar-refractivity contribution in [3.05, 3.63) is 68.1 Å². The third-order valence-electron chi connectivity index (χ3n) is 3.23. The van der Waals surface area contributed by atoms with Gasteiger partial charge in [-0.2, -0.15) is 0 Å². The lowest BCUT2D eigenvalue weighted by atomic mass is 10.0. The Bertz CT molecular complexity index is 569. The van der Waals surface area contributed by atoms with Crippen LogP contribution >= 0.6 is 39.1 Å². The minimum Gasteiger partial charge on any atom is -0.306 e. The largest absolute Gasteiger partial charge is 0.306 e. The van der Waals surface area contributed by atoms with E-state index in [2.05, 4.69) is 40.3 Å². The molecule has 0 bridgehead atoms. The minimum absolute atomic E-state index is 0.298. The highest BCUT2D eigenvalue weighted by atomic mass is 79.9. The lowest BCUT2D eigenvalue weighted by Crippen LogP contribution is -2.20. The summed E-state index contributed by atoms with van der Waals surface area (Å²) in [5, 5.41) is 5.08. The van der Waals surface area contributed by atoms with Gasteiger partial charge in [-0.05, 0) is 41.8 Å². The van der Waals surface area contributed by atoms with Crippen molar-refractivity contribution in [3.63, 3.8) is 0 Å². The molecule has 1 unspecified atom stereocenters. The first-order valence-corrected chi connectivity index (χ1v) is 8.08. The maximum absolute atomic E-state index is 6.24. The highest BCUT2D eigenvalue weighted by Crippen LogP contribution is 2.23. The van der Waals surface area contributed by atoms with E-state index >= 15 is 0 Å². The Morgan fingerprint density at radius 1 is 1.10 bits per heavy atom. The van der Waals surface area contributed by atoms with Crippen LogP contribution in [0.5, 0.6) is 0 Å². The van der Waals surface area contributed by atoms with Gasteiger partial charge in [0.05, 0.1) is 0 Å². The van der Waals surface area contributed by atoms with Crippen LogP contribution < -0.4 is 5.32 Å². The lowest BCUT2D eigenvalue weighted by molar-refractivity contribution is 0.519. The van der Waals surface area contributed by atoms with E-state index in [0.29, 0.717) is 6.04 Å². The molecule has 1 nitrogen and oxygen atoms in total. The van der Waals surface area contributed by atoms with Gasteiger partial charge in [-0.1, -0.05) is 64.3 Å². The molecule has 106 valence electrons. The average Bonchev–Trinajstić information content (AvgIpc) is 2.43. The second-order valence-electron chi connectivity index (χ2n) is 4.63. The molecule has 0 spiro atoms. The predicted octanol–water partition coefficient (Wildman–Crippen LogP) is 6.00. The van der Waals surface area contributed by atoms with Crippen LogP contribution in [-0.2, 0) is 6.54 Å². The summed E-state index contributed by atoms with van der Waals surface area (Å²) >= 11 is 15.6. The van der Waals surface area contributed by atoms with E-state index < -0.39 is 0 Å². The molecule has 0 aliphatic carbocycles. The summed E-state index contributed by atoms with van der Waals surface area (Å²) in [4.78, 5) is 0. The van der Waals surface area contributed by atoms with Crippen molar-refractivity contribution >= 4 is 39.1 Å². The van der Waals surface area contributed by atoms with Crippen molar-refractivity contribution in [1.29, 1.82) is 0 Å². The molecule has 0 aromatic heterocycles. The van der Waals surface area contributed by atoms with E-state index in [4.69, 9.17) is 23.2 Å². The number of hydrogen-bond acceptors (Lipinski definition) is 1. The number of halogens is 3. The lowest BCUT2D eigenvalue weighted by Gasteiger charge is -2.18. The molecule has 0 fully saturated rings. The first-order chi connectivity index (χ1) is 9.60. The summed E-state index contributed by atoms with van der Waals surface area (Å²) in [5.41, 5.74) is 2.34. The zero-order valence-corrected chi connectivity index (χ0v) is 14.3. The van der Waals surface area contributed by atoms with Crippen molar-refractivity contribution < 1.29 is 0 Å². The molecule has 4 heteroatoms. The molecule has 0 heterocycles. The molecule has 1 N–H and O–H groups in total. The molecule has 0 aliphatic rings. The quantitative estimate of drug-likeness (QED) is 0.678. The van der Waals surface area contributed by atoms with E-state index in [1.807, 2.05) is 30.3 Å². The van der Waals surface area contributed by atoms with Crippen LogP contribution in [-0.4, -0.2) is 0 Å². The Hall–Kier alpha value is -0.540. The summed E-state index contributed by atoms with van der Waals surface area (Å²) in [6.45, 7) is 2.91. The summed E-state index contributed by atoms with van der Waals surface area (Å²) in [5.74, 6) is 0. The topological polar surface area (TPSA) is 12.0 Å². The van der Waals surface area contributed by atoms with Gasteiger partial charge in [-0.25, -0.2) is 0 Å². The first kappa shape index (κ1) is 15.8. The Balaban J connectivity index is 2.05. The molecule has 2 aromatic carbocycles. The molecular weight excluding hydrogens is 357 g/mol. The average molecular weight is 373 g/mol. The van der Waals surface area contributed by atoms with Crippen molar-refractivity contribution in [1.82, 2.24) is 5.32 Å². The maximum Gasteiger partial charge on any atom is 0.0462 e. The molecule has 0 aliphatic heterocycles. The van der Waals surface area contributed by atoms with Crippen LogP contribution in [0.25, 0.3) is 0 Å². The molecule has 2 aromatic rings. The number of hydrogen-bond donors (Lipinski definition) is 1. The maximum atomic E-state index is 6.24. The van der Waals surface area contributed by atoms with Crippen molar-refractivity contribution in [2.75, 3.05) is 0 Å². The van der Waals surface area contributed by atoms with Crippen LogP contribution in [0.2, 0.25) is 10.0 Å². The van der Waals surface area contributed by atoms with Crippen LogP contribution in [0, 0.1) is 0 Å². The van der Waals surface area contributed by atoms with Crippen molar-refractivity contribution in [2.45, 2.75) is 25.9 Å². The van der Waals surface area contributed by atoms with Gasteiger partial charge in [0.2, 0.25) is 0 Å². The monoisotopic (exact) mass is 371 g/mol. The fourth-order valence-corrected chi connectivity index (χ4v) is 2.96. The molecule has 0 saturated heterocycles. The fraction of sp³-hybridized carbons (Fsp3) is 0.250. The van der Waals surface area contributed by atoms with Gasteiger partial charge < -0.3 is 5.32 Å². The smallest absolute Gasteiger partial charge is 0.0462 e. The molecule has 2 rings (SSSR count). The van der Waals surface area contributed by atoms with Crippen LogP contribution in [0.3, 0.4) is 0 Å². The Morgan fingerprint density at radius 2 is 1.80 bits per heavy atom. The van der Waals surface area contributed by atoms with Gasteiger partial charge in [-0.15, -0.1) is 0 Å². The number of benzene rings is 2. The predicted molar refractivity (Wildman–Crippen MR) is 90.5 cm³/mol. The minimum atomic E-state index is 0.298. The fourth-order valence-electron chi connectivity index (χ4n) is 2.09. The SMILES string of the molecule is CCC(NCc1ccc(Br)cc1Cl)c1ccc(Cl)cc1. The Labute approximate surface area is 138 Å². The van der Waals surface area contributed by atoms with Crippen LogP contribution in [0.4, 0.5) is 0 Å². The zero-order valence-electron chi connectivity index (χ0n) is 11.2. The second-order valence-corrected chi connectivity index (χ2v) is 6.39. The standard InChI is InChI=1S/C16H16BrCl2N/c1-2-16(11-4-7-14(18)8-5-11)20-10-12-3-6-13(17)9-15(12)19/h3-9,16,20H,2,10H2,1H3. The van der Waals surface area contributed by atoms with Gasteiger partial charge in [0.15, 0.2) is 0 Å². The van der Waals surface area contributed by atoms with Gasteiger partial charge in [0.25, 0.3) is 0 Å². The summed E-state index contributed by atoms with van der Waals surface area (Å²) < 4.78 is 0.996. The Morgan fingerprint density at radius 3 is 2.40 bits per heavy atom. The third kappa shape index (κ3) is 4.23. The van der Waals surface area contributed by atoms with Gasteiger partial charge in [-0.3, -0.25) is 0 Å². The van der Waals surface area contributed by atoms with Crippen molar-refractivity contribution in [2.24, 2.45) is 0 Å². The molecule has 0 radical (unpaired) electrons. The number of rotatable bonds is 5. The highest BCUT2D eigenvalue weighted by molar-refractivity contribution is 9.10. The van der Waals surface area contributed by atoms with Gasteiger partial charge in [0, 0.05) is 27.1 Å². The van der Waals surface area contributed by atoms with E-state index in [1.54, 1.807) is 0 Å². The zero-order chi connectivity index (χ0) is 14.5. The summed E-state index contributed by atoms with van der Waals surface area (Å²) in [6, 6.07) is 14.2. The second kappa shape index (κ2) is 7.46. The van der Waals surface area contributed by atoms with E-state index in [1.165, 1.54) is 5.56 Å². The van der Waals surface area contributed by atoms with E-state index in [0.717, 1.165) is 33.0 Å². The van der Waals surface area contributed by atoms with Gasteiger partial charge in [0.1, 0.15) is 0 Å². The summed E-state index contributed by atoms with van der Waals surface area (Å²) in [7, 11) is 0. The van der Waals surface area contributed by atoms with Crippen molar-refractivity contribution in [3.8, 4) is 0 Å². The molecule has 1 atom stereocenters. The van der Waals surface area contributed by atoms with Crippen LogP contribution in [0.1, 0.15) is 30.5 Å². The third-order valence-corrected chi connectivity index (χ3v) is 4.33. The molecular formula is C16H16BrCl2N. The van der Waals surface area contributed by atoms with Gasteiger partial charge >= 0.3 is 0 Å². The normalized spacial score (nSPS) is 12.4. The highest BCUT2D eigenvalue weighted by Gasteiger charge is 2.09. The van der Waals surface area contributed by atoms with Crippen LogP contribution in [0.15, 0.2) is 46.9 Å². The molecule has 0 amide bonds. The van der Waals surface area contributed by atoms with E-state index in [-0.39, 0.29) is 0 Å². The first-order valence-electron chi connectivity index (χ1n) is 6.53. The summed E-state index contributed by atoms with van der Waals surface area (Å²) in [6.07, 6.45) is 1.01.